The molecule has 1 atom stereocenters. The van der Waals surface area contributed by atoms with E-state index in [2.05, 4.69) is 15.0 Å². The monoisotopic (exact) mass is 657 g/mol. The fourth-order valence-electron chi connectivity index (χ4n) is 4.63. The number of carbonyl (C=O) groups excluding carboxylic acids is 4. The van der Waals surface area contributed by atoms with Gasteiger partial charge in [0.25, 0.3) is 11.8 Å². The van der Waals surface area contributed by atoms with Crippen LogP contribution < -0.4 is 10.0 Å². The third kappa shape index (κ3) is 13.3. The van der Waals surface area contributed by atoms with Gasteiger partial charge in [-0.25, -0.2) is 23.0 Å². The fourth-order valence-corrected chi connectivity index (χ4v) is 5.45. The van der Waals surface area contributed by atoms with Gasteiger partial charge in [0.1, 0.15) is 18.4 Å². The minimum absolute atomic E-state index is 0.0400. The number of aliphatic imine (C=N–C) groups is 1. The van der Waals surface area contributed by atoms with Crippen molar-refractivity contribution in [3.63, 3.8) is 0 Å². The Morgan fingerprint density at radius 2 is 1.84 bits per heavy atom. The van der Waals surface area contributed by atoms with Crippen LogP contribution in [0.3, 0.4) is 0 Å². The third-order valence-corrected chi connectivity index (χ3v) is 9.00. The summed E-state index contributed by atoms with van der Waals surface area (Å²) in [5.74, 6) is -1.61. The van der Waals surface area contributed by atoms with Gasteiger partial charge in [0.05, 0.1) is 12.9 Å². The van der Waals surface area contributed by atoms with Gasteiger partial charge in [0.2, 0.25) is 15.9 Å². The molecule has 1 aromatic rings. The second kappa shape index (κ2) is 18.7. The second-order valence-corrected chi connectivity index (χ2v) is 13.2. The SMILES string of the molecule is CCS(=O)(=O)NCCN(C)C(=O)CC[C@H](NC(=O)/C(CC1CCCCC1)=N/C(=O)OCc1cccc(Cl)c1)C(=O)N(C)OC. The number of nitrogens with one attached hydrogen (secondary N) is 2. The maximum absolute atomic E-state index is 13.5. The molecule has 15 heteroatoms. The number of likely N-dealkylation sites (N-methyl/N-ethyl adjacent to an activating group) is 2. The van der Waals surface area contributed by atoms with Crippen molar-refractivity contribution in [3.05, 3.63) is 34.9 Å². The van der Waals surface area contributed by atoms with Crippen molar-refractivity contribution >= 4 is 51.2 Å². The van der Waals surface area contributed by atoms with Crippen molar-refractivity contribution < 1.29 is 37.2 Å². The van der Waals surface area contributed by atoms with Crippen LogP contribution in [-0.4, -0.2) is 94.0 Å². The molecule has 1 fully saturated rings. The molecular formula is C29H44ClN5O8S. The van der Waals surface area contributed by atoms with E-state index in [1.54, 1.807) is 24.3 Å². The zero-order valence-electron chi connectivity index (χ0n) is 25.8. The average molecular weight is 658 g/mol. The van der Waals surface area contributed by atoms with Crippen molar-refractivity contribution in [2.45, 2.75) is 70.9 Å². The van der Waals surface area contributed by atoms with Crippen LogP contribution in [0.1, 0.15) is 63.9 Å². The van der Waals surface area contributed by atoms with E-state index in [-0.39, 0.29) is 62.2 Å². The van der Waals surface area contributed by atoms with Gasteiger partial charge in [-0.1, -0.05) is 55.8 Å². The van der Waals surface area contributed by atoms with Crippen LogP contribution >= 0.6 is 11.6 Å². The zero-order valence-corrected chi connectivity index (χ0v) is 27.4. The van der Waals surface area contributed by atoms with Crippen molar-refractivity contribution in [3.8, 4) is 0 Å². The Labute approximate surface area is 264 Å². The van der Waals surface area contributed by atoms with Crippen LogP contribution in [0.25, 0.3) is 0 Å². The molecule has 246 valence electrons. The van der Waals surface area contributed by atoms with Gasteiger partial charge in [-0.15, -0.1) is 0 Å². The van der Waals surface area contributed by atoms with Gasteiger partial charge in [0, 0.05) is 38.6 Å². The van der Waals surface area contributed by atoms with Crippen LogP contribution in [-0.2, 0) is 40.6 Å². The third-order valence-electron chi connectivity index (χ3n) is 7.36. The number of sulfonamides is 1. The van der Waals surface area contributed by atoms with Crippen molar-refractivity contribution in [2.75, 3.05) is 40.0 Å². The molecule has 0 bridgehead atoms. The van der Waals surface area contributed by atoms with E-state index in [4.69, 9.17) is 21.2 Å². The van der Waals surface area contributed by atoms with E-state index in [0.29, 0.717) is 10.6 Å². The Morgan fingerprint density at radius 3 is 2.48 bits per heavy atom. The predicted octanol–water partition coefficient (Wildman–Crippen LogP) is 3.07. The smallest absolute Gasteiger partial charge is 0.434 e. The van der Waals surface area contributed by atoms with E-state index in [1.807, 2.05) is 0 Å². The Morgan fingerprint density at radius 1 is 1.14 bits per heavy atom. The summed E-state index contributed by atoms with van der Waals surface area (Å²) in [5, 5.41) is 4.07. The van der Waals surface area contributed by atoms with Crippen molar-refractivity contribution in [1.82, 2.24) is 20.0 Å². The summed E-state index contributed by atoms with van der Waals surface area (Å²) < 4.78 is 31.0. The topological polar surface area (TPSA) is 164 Å². The summed E-state index contributed by atoms with van der Waals surface area (Å²) in [6.07, 6.45) is 3.97. The Hall–Kier alpha value is -3.07. The average Bonchev–Trinajstić information content (AvgIpc) is 3.01. The minimum Gasteiger partial charge on any atom is -0.443 e. The first kappa shape index (κ1) is 37.1. The lowest BCUT2D eigenvalue weighted by Gasteiger charge is -2.25. The maximum Gasteiger partial charge on any atom is 0.434 e. The number of hydrogen-bond donors (Lipinski definition) is 2. The highest BCUT2D eigenvalue weighted by Gasteiger charge is 2.29. The summed E-state index contributed by atoms with van der Waals surface area (Å²) in [5.41, 5.74) is 0.600. The molecule has 0 aliphatic heterocycles. The van der Waals surface area contributed by atoms with Crippen LogP contribution in [0.4, 0.5) is 4.79 Å². The molecule has 0 aromatic heterocycles. The highest BCUT2D eigenvalue weighted by atomic mass is 35.5. The van der Waals surface area contributed by atoms with Crippen LogP contribution in [0, 0.1) is 5.92 Å². The largest absolute Gasteiger partial charge is 0.443 e. The van der Waals surface area contributed by atoms with Gasteiger partial charge < -0.3 is 15.0 Å². The van der Waals surface area contributed by atoms with Gasteiger partial charge in [-0.05, 0) is 43.4 Å². The number of halogens is 1. The molecule has 2 N–H and O–H groups in total. The first-order valence-corrected chi connectivity index (χ1v) is 16.7. The van der Waals surface area contributed by atoms with Gasteiger partial charge in [-0.2, -0.15) is 4.99 Å². The molecule has 0 unspecified atom stereocenters. The highest BCUT2D eigenvalue weighted by molar-refractivity contribution is 7.89. The summed E-state index contributed by atoms with van der Waals surface area (Å²) in [4.78, 5) is 62.4. The quantitative estimate of drug-likeness (QED) is 0.202. The number of benzene rings is 1. The Balaban J connectivity index is 2.14. The van der Waals surface area contributed by atoms with Crippen molar-refractivity contribution in [2.24, 2.45) is 10.9 Å². The number of hydrogen-bond acceptors (Lipinski definition) is 8. The van der Waals surface area contributed by atoms with E-state index in [0.717, 1.165) is 37.2 Å². The minimum atomic E-state index is -3.40. The summed E-state index contributed by atoms with van der Waals surface area (Å²) in [6.45, 7) is 1.58. The molecule has 1 aliphatic rings. The molecular weight excluding hydrogens is 614 g/mol. The first-order chi connectivity index (χ1) is 20.8. The number of amides is 4. The summed E-state index contributed by atoms with van der Waals surface area (Å²) in [6, 6.07) is 5.64. The molecule has 4 amide bonds. The second-order valence-electron chi connectivity index (χ2n) is 10.6. The molecule has 44 heavy (non-hydrogen) atoms. The fraction of sp³-hybridized carbons (Fsp3) is 0.621. The number of carbonyl (C=O) groups is 4. The van der Waals surface area contributed by atoms with E-state index in [1.165, 1.54) is 33.0 Å². The number of rotatable bonds is 16. The molecule has 1 aromatic carbocycles. The van der Waals surface area contributed by atoms with Gasteiger partial charge in [0.15, 0.2) is 0 Å². The lowest BCUT2D eigenvalue weighted by Crippen LogP contribution is -2.49. The first-order valence-electron chi connectivity index (χ1n) is 14.7. The molecule has 0 spiro atoms. The Kier molecular flexibility index (Phi) is 15.8. The van der Waals surface area contributed by atoms with E-state index >= 15 is 0 Å². The van der Waals surface area contributed by atoms with Gasteiger partial charge in [-0.3, -0.25) is 19.2 Å². The van der Waals surface area contributed by atoms with Crippen molar-refractivity contribution in [1.29, 1.82) is 0 Å². The molecule has 1 aliphatic carbocycles. The lowest BCUT2D eigenvalue weighted by molar-refractivity contribution is -0.171. The predicted molar refractivity (Wildman–Crippen MR) is 166 cm³/mol. The molecule has 0 radical (unpaired) electrons. The number of ether oxygens (including phenoxy) is 1. The molecule has 0 saturated heterocycles. The zero-order chi connectivity index (χ0) is 32.7. The summed E-state index contributed by atoms with van der Waals surface area (Å²) >= 11 is 6.00. The maximum atomic E-state index is 13.5. The van der Waals surface area contributed by atoms with Crippen LogP contribution in [0.5, 0.6) is 0 Å². The molecule has 2 rings (SSSR count). The van der Waals surface area contributed by atoms with Crippen LogP contribution in [0.15, 0.2) is 29.3 Å². The highest BCUT2D eigenvalue weighted by Crippen LogP contribution is 2.27. The number of nitrogens with zero attached hydrogens (tertiary/aromatic N) is 3. The van der Waals surface area contributed by atoms with E-state index in [9.17, 15) is 27.6 Å². The normalized spacial score (nSPS) is 14.9. The Bertz CT molecular complexity index is 1270. The van der Waals surface area contributed by atoms with E-state index < -0.39 is 34.0 Å². The lowest BCUT2D eigenvalue weighted by atomic mass is 9.85. The standard InChI is InChI=1S/C29H44ClN5O8S/c1-5-44(40,41)31-16-17-34(2)26(36)15-14-24(28(38)35(3)42-4)32-27(37)25(19-21-10-7-6-8-11-21)33-29(39)43-20-22-12-9-13-23(30)18-22/h9,12-13,18,21,24,31H,5-8,10-11,14-17,19-20H2,1-4H3,(H,32,37)/b33-25+/t24-/m0/s1. The van der Waals surface area contributed by atoms with Gasteiger partial charge >= 0.3 is 6.09 Å². The van der Waals surface area contributed by atoms with Crippen LogP contribution in [0.2, 0.25) is 5.02 Å². The molecule has 0 heterocycles. The summed E-state index contributed by atoms with van der Waals surface area (Å²) in [7, 11) is 0.782. The molecule has 13 nitrogen and oxygen atoms in total. The number of hydroxylamine groups is 2. The molecule has 1 saturated carbocycles.